The Bertz CT molecular complexity index is 554. The van der Waals surface area contributed by atoms with Gasteiger partial charge in [-0.3, -0.25) is 0 Å². The van der Waals surface area contributed by atoms with Gasteiger partial charge in [-0.05, 0) is 20.8 Å². The lowest BCUT2D eigenvalue weighted by Crippen LogP contribution is -2.24. The van der Waals surface area contributed by atoms with E-state index in [1.807, 2.05) is 6.92 Å². The van der Waals surface area contributed by atoms with Crippen LogP contribution in [0.2, 0.25) is 0 Å². The first-order chi connectivity index (χ1) is 10.2. The number of methoxy groups -OCH3 is 1. The Morgan fingerprint density at radius 1 is 1.27 bits per heavy atom. The van der Waals surface area contributed by atoms with Crippen molar-refractivity contribution in [1.29, 1.82) is 0 Å². The number of nitrogens with zero attached hydrogens (tertiary/aromatic N) is 3. The van der Waals surface area contributed by atoms with Crippen molar-refractivity contribution in [2.24, 2.45) is 10.7 Å². The number of rotatable bonds is 1. The monoisotopic (exact) mass is 311 g/mol. The van der Waals surface area contributed by atoms with Gasteiger partial charge in [0.05, 0.1) is 7.11 Å². The number of aryl methyl sites for hydroxylation is 2. The van der Waals surface area contributed by atoms with Gasteiger partial charge >= 0.3 is 12.0 Å². The van der Waals surface area contributed by atoms with Gasteiger partial charge < -0.3 is 15.8 Å². The molecule has 0 unspecified atom stereocenters. The van der Waals surface area contributed by atoms with Crippen LogP contribution >= 0.6 is 0 Å². The van der Waals surface area contributed by atoms with Crippen LogP contribution in [0.25, 0.3) is 0 Å². The summed E-state index contributed by atoms with van der Waals surface area (Å²) in [5, 5.41) is 2.17. The van der Waals surface area contributed by atoms with Gasteiger partial charge in [0.2, 0.25) is 6.08 Å². The molecule has 9 nitrogen and oxygen atoms in total. The number of ether oxygens (including phenoxy) is 1. The number of carbonyl (C=O) groups is 2. The lowest BCUT2D eigenvalue weighted by Gasteiger charge is -2.05. The number of nitrogens with two attached hydrogens (primary N) is 1. The Kier molecular flexibility index (Phi) is 11.7. The Morgan fingerprint density at radius 3 is 2.05 bits per heavy atom. The molecule has 3 N–H and O–H groups in total. The first kappa shape index (κ1) is 21.5. The summed E-state index contributed by atoms with van der Waals surface area (Å²) in [6.07, 6.45) is 1.31. The lowest BCUT2D eigenvalue weighted by molar-refractivity contribution is 0.0592. The van der Waals surface area contributed by atoms with Crippen molar-refractivity contribution in [3.05, 3.63) is 22.8 Å². The average Bonchev–Trinajstić information content (AvgIpc) is 2.50. The third-order valence-corrected chi connectivity index (χ3v) is 2.22. The molecule has 0 radical (unpaired) electrons. The molecule has 1 aromatic rings. The SMILES string of the molecule is CN=C=O.CNC(N)=O.COC(=O)c1nc(C)nc(C)c1C. The Balaban J connectivity index is 0. The summed E-state index contributed by atoms with van der Waals surface area (Å²) in [7, 11) is 4.20. The predicted molar refractivity (Wildman–Crippen MR) is 80.3 cm³/mol. The number of hydrogen-bond acceptors (Lipinski definition) is 7. The highest BCUT2D eigenvalue weighted by Gasteiger charge is 2.13. The number of aromatic nitrogens is 2. The summed E-state index contributed by atoms with van der Waals surface area (Å²) in [6, 6.07) is -0.495. The number of amides is 2. The van der Waals surface area contributed by atoms with Crippen molar-refractivity contribution in [1.82, 2.24) is 15.3 Å². The third-order valence-electron chi connectivity index (χ3n) is 2.22. The molecule has 2 amide bonds. The molecule has 0 saturated carbocycles. The maximum absolute atomic E-state index is 11.2. The van der Waals surface area contributed by atoms with Crippen LogP contribution in [-0.2, 0) is 9.53 Å². The zero-order chi connectivity index (χ0) is 17.7. The second-order valence-corrected chi connectivity index (χ2v) is 3.75. The molecule has 1 rings (SSSR count). The van der Waals surface area contributed by atoms with Gasteiger partial charge in [0.1, 0.15) is 5.82 Å². The molecule has 0 fully saturated rings. The summed E-state index contributed by atoms with van der Waals surface area (Å²) in [4.78, 5) is 40.7. The molecule has 0 aliphatic carbocycles. The summed E-state index contributed by atoms with van der Waals surface area (Å²) in [6.45, 7) is 5.40. The van der Waals surface area contributed by atoms with Gasteiger partial charge in [0.15, 0.2) is 5.69 Å². The van der Waals surface area contributed by atoms with E-state index >= 15 is 0 Å². The number of carbonyl (C=O) groups excluding carboxylic acids is 3. The fourth-order valence-corrected chi connectivity index (χ4v) is 1.06. The number of aliphatic imine (C=N–C) groups is 1. The molecule has 0 saturated heterocycles. The van der Waals surface area contributed by atoms with E-state index in [4.69, 9.17) is 4.79 Å². The average molecular weight is 311 g/mol. The van der Waals surface area contributed by atoms with Gasteiger partial charge in [-0.2, -0.15) is 0 Å². The van der Waals surface area contributed by atoms with Crippen LogP contribution in [0, 0.1) is 20.8 Å². The zero-order valence-corrected chi connectivity index (χ0v) is 13.6. The molecule has 0 aromatic carbocycles. The number of urea groups is 1. The fraction of sp³-hybridized carbons (Fsp3) is 0.462. The molecule has 0 atom stereocenters. The fourth-order valence-electron chi connectivity index (χ4n) is 1.06. The van der Waals surface area contributed by atoms with Crippen LogP contribution in [-0.4, -0.2) is 49.3 Å². The van der Waals surface area contributed by atoms with E-state index in [1.165, 1.54) is 27.3 Å². The van der Waals surface area contributed by atoms with Crippen molar-refractivity contribution in [3.8, 4) is 0 Å². The molecule has 0 aliphatic rings. The van der Waals surface area contributed by atoms with E-state index in [1.54, 1.807) is 13.8 Å². The molecular formula is C13H21N5O4. The first-order valence-corrected chi connectivity index (χ1v) is 6.08. The van der Waals surface area contributed by atoms with E-state index < -0.39 is 12.0 Å². The van der Waals surface area contributed by atoms with Crippen LogP contribution < -0.4 is 11.1 Å². The highest BCUT2D eigenvalue weighted by molar-refractivity contribution is 5.88. The molecule has 1 heterocycles. The van der Waals surface area contributed by atoms with Gasteiger partial charge in [-0.15, -0.1) is 0 Å². The normalized spacial score (nSPS) is 8.09. The van der Waals surface area contributed by atoms with Crippen molar-refractivity contribution in [2.75, 3.05) is 21.2 Å². The first-order valence-electron chi connectivity index (χ1n) is 6.08. The van der Waals surface area contributed by atoms with Crippen LogP contribution in [0.5, 0.6) is 0 Å². The van der Waals surface area contributed by atoms with E-state index in [-0.39, 0.29) is 0 Å². The van der Waals surface area contributed by atoms with Gasteiger partial charge in [-0.1, -0.05) is 0 Å². The Hall–Kier alpha value is -2.80. The number of primary amides is 1. The number of nitrogens with one attached hydrogen (secondary N) is 1. The number of hydrogen-bond donors (Lipinski definition) is 2. The second kappa shape index (κ2) is 12.0. The van der Waals surface area contributed by atoms with Gasteiger partial charge in [0.25, 0.3) is 0 Å². The quantitative estimate of drug-likeness (QED) is 0.438. The third kappa shape index (κ3) is 9.16. The molecule has 122 valence electrons. The van der Waals surface area contributed by atoms with Crippen molar-refractivity contribution in [2.45, 2.75) is 20.8 Å². The van der Waals surface area contributed by atoms with Gasteiger partial charge in [-0.25, -0.2) is 29.3 Å². The van der Waals surface area contributed by atoms with Crippen molar-refractivity contribution in [3.63, 3.8) is 0 Å². The number of esters is 1. The zero-order valence-electron chi connectivity index (χ0n) is 13.6. The van der Waals surface area contributed by atoms with Crippen LogP contribution in [0.1, 0.15) is 27.6 Å². The molecular weight excluding hydrogens is 290 g/mol. The van der Waals surface area contributed by atoms with E-state index in [0.717, 1.165) is 11.3 Å². The second-order valence-electron chi connectivity index (χ2n) is 3.75. The minimum Gasteiger partial charge on any atom is -0.464 e. The summed E-state index contributed by atoms with van der Waals surface area (Å²) >= 11 is 0. The molecule has 1 aromatic heterocycles. The van der Waals surface area contributed by atoms with E-state index in [2.05, 4.69) is 30.7 Å². The Morgan fingerprint density at radius 2 is 1.73 bits per heavy atom. The summed E-state index contributed by atoms with van der Waals surface area (Å²) in [5.41, 5.74) is 6.48. The summed E-state index contributed by atoms with van der Waals surface area (Å²) in [5.74, 6) is 0.176. The smallest absolute Gasteiger partial charge is 0.357 e. The highest BCUT2D eigenvalue weighted by Crippen LogP contribution is 2.09. The van der Waals surface area contributed by atoms with Crippen molar-refractivity contribution < 1.29 is 19.1 Å². The van der Waals surface area contributed by atoms with Gasteiger partial charge in [0, 0.05) is 25.4 Å². The standard InChI is InChI=1S/C9H12N2O2.C2H6N2O.C2H3NO/c1-5-6(2)10-7(3)11-8(5)9(12)13-4;1-4-2(3)5;1-3-2-4/h1-4H3;1H3,(H3,3,4,5);1H3. The lowest BCUT2D eigenvalue weighted by atomic mass is 10.2. The molecule has 0 spiro atoms. The largest absolute Gasteiger partial charge is 0.464 e. The van der Waals surface area contributed by atoms with Crippen LogP contribution in [0.3, 0.4) is 0 Å². The van der Waals surface area contributed by atoms with Crippen LogP contribution in [0.15, 0.2) is 4.99 Å². The minimum absolute atomic E-state index is 0.354. The maximum Gasteiger partial charge on any atom is 0.357 e. The van der Waals surface area contributed by atoms with E-state index in [0.29, 0.717) is 11.5 Å². The minimum atomic E-state index is -0.495. The van der Waals surface area contributed by atoms with Crippen molar-refractivity contribution >= 4 is 18.1 Å². The molecule has 22 heavy (non-hydrogen) atoms. The predicted octanol–water partition coefficient (Wildman–Crippen LogP) is 0.425. The molecule has 0 bridgehead atoms. The van der Waals surface area contributed by atoms with E-state index in [9.17, 15) is 9.59 Å². The topological polar surface area (TPSA) is 137 Å². The summed E-state index contributed by atoms with van der Waals surface area (Å²) < 4.78 is 4.60. The maximum atomic E-state index is 11.2. The Labute approximate surface area is 129 Å². The molecule has 0 aliphatic heterocycles. The highest BCUT2D eigenvalue weighted by atomic mass is 16.5. The number of isocyanates is 1. The van der Waals surface area contributed by atoms with Crippen LogP contribution in [0.4, 0.5) is 4.79 Å². The molecule has 9 heteroatoms.